The Morgan fingerprint density at radius 1 is 1.30 bits per heavy atom. The molecule has 0 heterocycles. The summed E-state index contributed by atoms with van der Waals surface area (Å²) in [6.07, 6.45) is -0.355. The van der Waals surface area contributed by atoms with Gasteiger partial charge in [-0.05, 0) is 39.0 Å². The van der Waals surface area contributed by atoms with Gasteiger partial charge in [-0.2, -0.15) is 0 Å². The van der Waals surface area contributed by atoms with E-state index in [0.29, 0.717) is 5.69 Å². The van der Waals surface area contributed by atoms with Gasteiger partial charge >= 0.3 is 12.1 Å². The molecule has 1 aromatic carbocycles. The van der Waals surface area contributed by atoms with Gasteiger partial charge in [-0.15, -0.1) is 0 Å². The standard InChI is InChI=1S/C14H18BrNO4/c1-5-12(17)19-11-8-9(15)6-7-10(11)16-13(18)20-14(2,3)4/h6-8H,5H2,1-4H3,(H,16,18). The molecule has 0 radical (unpaired) electrons. The molecule has 1 amide bonds. The number of amides is 1. The van der Waals surface area contributed by atoms with Crippen LogP contribution in [0.25, 0.3) is 0 Å². The number of hydrogen-bond donors (Lipinski definition) is 1. The monoisotopic (exact) mass is 343 g/mol. The van der Waals surface area contributed by atoms with E-state index in [4.69, 9.17) is 9.47 Å². The molecule has 0 saturated heterocycles. The molecule has 0 aliphatic heterocycles. The zero-order valence-electron chi connectivity index (χ0n) is 12.0. The lowest BCUT2D eigenvalue weighted by molar-refractivity contribution is -0.133. The molecule has 110 valence electrons. The van der Waals surface area contributed by atoms with Crippen molar-refractivity contribution in [2.24, 2.45) is 0 Å². The maximum Gasteiger partial charge on any atom is 0.412 e. The van der Waals surface area contributed by atoms with E-state index in [1.54, 1.807) is 45.9 Å². The highest BCUT2D eigenvalue weighted by molar-refractivity contribution is 9.10. The molecule has 0 bridgehead atoms. The normalized spacial score (nSPS) is 10.8. The minimum absolute atomic E-state index is 0.248. The van der Waals surface area contributed by atoms with Crippen LogP contribution >= 0.6 is 15.9 Å². The summed E-state index contributed by atoms with van der Waals surface area (Å²) >= 11 is 3.29. The molecule has 0 aliphatic carbocycles. The van der Waals surface area contributed by atoms with Crippen molar-refractivity contribution in [3.8, 4) is 5.75 Å². The quantitative estimate of drug-likeness (QED) is 0.662. The molecule has 0 atom stereocenters. The van der Waals surface area contributed by atoms with E-state index in [9.17, 15) is 9.59 Å². The lowest BCUT2D eigenvalue weighted by atomic mass is 10.2. The van der Waals surface area contributed by atoms with Crippen LogP contribution in [0, 0.1) is 0 Å². The van der Waals surface area contributed by atoms with Crippen molar-refractivity contribution in [1.82, 2.24) is 0 Å². The number of nitrogens with one attached hydrogen (secondary N) is 1. The number of carbonyl (C=O) groups excluding carboxylic acids is 2. The molecule has 0 aliphatic rings. The van der Waals surface area contributed by atoms with E-state index in [2.05, 4.69) is 21.2 Å². The molecule has 1 N–H and O–H groups in total. The summed E-state index contributed by atoms with van der Waals surface area (Å²) < 4.78 is 11.1. The lowest BCUT2D eigenvalue weighted by Crippen LogP contribution is -2.27. The molecule has 6 heteroatoms. The smallest absolute Gasteiger partial charge is 0.412 e. The molecule has 0 aromatic heterocycles. The first-order valence-corrected chi connectivity index (χ1v) is 7.01. The Hall–Kier alpha value is -1.56. The molecule has 0 unspecified atom stereocenters. The van der Waals surface area contributed by atoms with Gasteiger partial charge in [0.15, 0.2) is 5.75 Å². The van der Waals surface area contributed by atoms with Crippen LogP contribution < -0.4 is 10.1 Å². The largest absolute Gasteiger partial charge is 0.444 e. The van der Waals surface area contributed by atoms with Crippen molar-refractivity contribution in [3.05, 3.63) is 22.7 Å². The SMILES string of the molecule is CCC(=O)Oc1cc(Br)ccc1NC(=O)OC(C)(C)C. The van der Waals surface area contributed by atoms with Crippen molar-refractivity contribution in [2.75, 3.05) is 5.32 Å². The van der Waals surface area contributed by atoms with Crippen molar-refractivity contribution in [3.63, 3.8) is 0 Å². The first-order valence-electron chi connectivity index (χ1n) is 6.21. The lowest BCUT2D eigenvalue weighted by Gasteiger charge is -2.20. The number of anilines is 1. The van der Waals surface area contributed by atoms with Gasteiger partial charge in [-0.1, -0.05) is 22.9 Å². The summed E-state index contributed by atoms with van der Waals surface area (Å²) in [5, 5.41) is 2.56. The first kappa shape index (κ1) is 16.5. The number of hydrogen-bond acceptors (Lipinski definition) is 4. The molecule has 1 aromatic rings. The number of rotatable bonds is 3. The van der Waals surface area contributed by atoms with Gasteiger partial charge in [0.2, 0.25) is 0 Å². The maximum atomic E-state index is 11.7. The van der Waals surface area contributed by atoms with Gasteiger partial charge in [0.1, 0.15) is 5.60 Å². The van der Waals surface area contributed by atoms with Crippen LogP contribution in [0.2, 0.25) is 0 Å². The summed E-state index contributed by atoms with van der Waals surface area (Å²) in [5.74, 6) is -0.104. The molecule has 5 nitrogen and oxygen atoms in total. The third-order valence-corrected chi connectivity index (χ3v) is 2.58. The highest BCUT2D eigenvalue weighted by atomic mass is 79.9. The van der Waals surface area contributed by atoms with E-state index in [1.165, 1.54) is 0 Å². The van der Waals surface area contributed by atoms with E-state index in [0.717, 1.165) is 4.47 Å². The van der Waals surface area contributed by atoms with Gasteiger partial charge in [0.05, 0.1) is 5.69 Å². The molecule has 0 saturated carbocycles. The molecule has 0 fully saturated rings. The van der Waals surface area contributed by atoms with Crippen molar-refractivity contribution in [2.45, 2.75) is 39.7 Å². The van der Waals surface area contributed by atoms with Crippen LogP contribution in [0.3, 0.4) is 0 Å². The number of carbonyl (C=O) groups is 2. The Bertz CT molecular complexity index is 508. The van der Waals surface area contributed by atoms with E-state index < -0.39 is 11.7 Å². The molecule has 0 spiro atoms. The van der Waals surface area contributed by atoms with E-state index in [-0.39, 0.29) is 18.1 Å². The number of esters is 1. The fourth-order valence-electron chi connectivity index (χ4n) is 1.29. The average Bonchev–Trinajstić information content (AvgIpc) is 2.30. The van der Waals surface area contributed by atoms with Crippen LogP contribution in [0.4, 0.5) is 10.5 Å². The summed E-state index contributed by atoms with van der Waals surface area (Å²) in [7, 11) is 0. The van der Waals surface area contributed by atoms with Gasteiger partial charge in [-0.3, -0.25) is 10.1 Å². The molecule has 20 heavy (non-hydrogen) atoms. The topological polar surface area (TPSA) is 64.6 Å². The van der Waals surface area contributed by atoms with Crippen LogP contribution in [-0.4, -0.2) is 17.7 Å². The van der Waals surface area contributed by atoms with Gasteiger partial charge < -0.3 is 9.47 Å². The summed E-state index contributed by atoms with van der Waals surface area (Å²) in [6, 6.07) is 4.97. The van der Waals surface area contributed by atoms with Crippen LogP contribution in [0.1, 0.15) is 34.1 Å². The maximum absolute atomic E-state index is 11.7. The minimum atomic E-state index is -0.603. The van der Waals surface area contributed by atoms with Crippen molar-refractivity contribution in [1.29, 1.82) is 0 Å². The fourth-order valence-corrected chi connectivity index (χ4v) is 1.63. The summed E-state index contributed by atoms with van der Waals surface area (Å²) in [4.78, 5) is 23.1. The number of benzene rings is 1. The Morgan fingerprint density at radius 3 is 2.50 bits per heavy atom. The third kappa shape index (κ3) is 5.61. The van der Waals surface area contributed by atoms with Crippen molar-refractivity contribution < 1.29 is 19.1 Å². The highest BCUT2D eigenvalue weighted by Gasteiger charge is 2.18. The minimum Gasteiger partial charge on any atom is -0.444 e. The second kappa shape index (κ2) is 6.74. The molecule has 1 rings (SSSR count). The third-order valence-electron chi connectivity index (χ3n) is 2.09. The predicted octanol–water partition coefficient (Wildman–Crippen LogP) is 4.11. The average molecular weight is 344 g/mol. The second-order valence-electron chi connectivity index (χ2n) is 5.09. The number of ether oxygens (including phenoxy) is 2. The highest BCUT2D eigenvalue weighted by Crippen LogP contribution is 2.29. The Labute approximate surface area is 126 Å². The summed E-state index contributed by atoms with van der Waals surface area (Å²) in [6.45, 7) is 7.01. The van der Waals surface area contributed by atoms with Crippen molar-refractivity contribution >= 4 is 33.7 Å². The van der Waals surface area contributed by atoms with Gasteiger partial charge in [-0.25, -0.2) is 4.79 Å². The zero-order valence-corrected chi connectivity index (χ0v) is 13.5. The van der Waals surface area contributed by atoms with Gasteiger partial charge in [0.25, 0.3) is 0 Å². The Morgan fingerprint density at radius 2 is 1.95 bits per heavy atom. The van der Waals surface area contributed by atoms with Crippen LogP contribution in [0.15, 0.2) is 22.7 Å². The first-order chi connectivity index (χ1) is 9.21. The zero-order chi connectivity index (χ0) is 15.3. The predicted molar refractivity (Wildman–Crippen MR) is 79.9 cm³/mol. The number of halogens is 1. The Kier molecular flexibility index (Phi) is 5.56. The molecular formula is C14H18BrNO4. The van der Waals surface area contributed by atoms with E-state index in [1.807, 2.05) is 0 Å². The van der Waals surface area contributed by atoms with Gasteiger partial charge in [0, 0.05) is 10.9 Å². The van der Waals surface area contributed by atoms with Crippen LogP contribution in [0.5, 0.6) is 5.75 Å². The van der Waals surface area contributed by atoms with Crippen LogP contribution in [-0.2, 0) is 9.53 Å². The Balaban J connectivity index is 2.88. The fraction of sp³-hybridized carbons (Fsp3) is 0.429. The summed E-state index contributed by atoms with van der Waals surface area (Å²) in [5.41, 5.74) is -0.219. The second-order valence-corrected chi connectivity index (χ2v) is 6.01. The van der Waals surface area contributed by atoms with E-state index >= 15 is 0 Å². The molecular weight excluding hydrogens is 326 g/mol.